The molecule has 26 heavy (non-hydrogen) atoms. The van der Waals surface area contributed by atoms with Crippen LogP contribution >= 0.6 is 11.8 Å². The van der Waals surface area contributed by atoms with E-state index in [-0.39, 0.29) is 24.8 Å². The number of nitrogens with zero attached hydrogens (tertiary/aromatic N) is 2. The van der Waals surface area contributed by atoms with E-state index in [1.807, 2.05) is 30.3 Å². The largest absolute Gasteiger partial charge is 0.493 e. The van der Waals surface area contributed by atoms with Crippen molar-refractivity contribution in [2.75, 3.05) is 11.9 Å². The van der Waals surface area contributed by atoms with Gasteiger partial charge in [-0.3, -0.25) is 9.48 Å². The van der Waals surface area contributed by atoms with Gasteiger partial charge in [0.05, 0.1) is 30.8 Å². The summed E-state index contributed by atoms with van der Waals surface area (Å²) >= 11 is 1.66. The van der Waals surface area contributed by atoms with E-state index >= 15 is 0 Å². The summed E-state index contributed by atoms with van der Waals surface area (Å²) in [7, 11) is 0. The zero-order chi connectivity index (χ0) is 18.2. The molecule has 0 spiro atoms. The number of thioether (sulfide) groups is 1. The molecule has 3 aromatic rings. The Morgan fingerprint density at radius 3 is 2.69 bits per heavy atom. The summed E-state index contributed by atoms with van der Waals surface area (Å²) in [4.78, 5) is 13.1. The molecule has 0 aliphatic rings. The third kappa shape index (κ3) is 5.63. The smallest absolute Gasteiger partial charge is 0.227 e. The number of halogens is 1. The quantitative estimate of drug-likeness (QED) is 0.604. The van der Waals surface area contributed by atoms with Gasteiger partial charge in [0.1, 0.15) is 11.6 Å². The minimum absolute atomic E-state index is 0.164. The lowest BCUT2D eigenvalue weighted by molar-refractivity contribution is -0.116. The number of rotatable bonds is 8. The number of hydrogen-bond acceptors (Lipinski definition) is 4. The van der Waals surface area contributed by atoms with Crippen molar-refractivity contribution in [3.05, 3.63) is 72.8 Å². The van der Waals surface area contributed by atoms with Crippen LogP contribution in [0.3, 0.4) is 0 Å². The number of anilines is 1. The molecule has 3 rings (SSSR count). The van der Waals surface area contributed by atoms with Gasteiger partial charge in [0, 0.05) is 11.1 Å². The molecule has 0 unspecified atom stereocenters. The van der Waals surface area contributed by atoms with Crippen LogP contribution in [-0.4, -0.2) is 22.3 Å². The molecule has 0 aliphatic heterocycles. The lowest BCUT2D eigenvalue weighted by Gasteiger charge is -2.06. The van der Waals surface area contributed by atoms with Crippen molar-refractivity contribution in [2.45, 2.75) is 17.2 Å². The normalized spacial score (nSPS) is 10.5. The van der Waals surface area contributed by atoms with E-state index in [9.17, 15) is 9.18 Å². The Balaban J connectivity index is 1.40. The lowest BCUT2D eigenvalue weighted by Crippen LogP contribution is -2.14. The van der Waals surface area contributed by atoms with E-state index in [2.05, 4.69) is 10.4 Å². The highest BCUT2D eigenvalue weighted by atomic mass is 32.2. The average Bonchev–Trinajstić information content (AvgIpc) is 3.10. The molecule has 1 aromatic heterocycles. The third-order valence-electron chi connectivity index (χ3n) is 3.44. The standard InChI is InChI=1S/C19H18FN3O2S/c20-15-6-8-17(9-7-15)25-11-10-19(24)22-16-12-21-23(13-16)14-26-18-4-2-1-3-5-18/h1-9,12-13H,10-11,14H2,(H,22,24). The maximum Gasteiger partial charge on any atom is 0.227 e. The number of hydrogen-bond donors (Lipinski definition) is 1. The van der Waals surface area contributed by atoms with Crippen LogP contribution in [0.25, 0.3) is 0 Å². The van der Waals surface area contributed by atoms with Crippen LogP contribution in [0.5, 0.6) is 5.75 Å². The fourth-order valence-electron chi connectivity index (χ4n) is 2.17. The Hall–Kier alpha value is -2.80. The predicted molar refractivity (Wildman–Crippen MR) is 99.7 cm³/mol. The van der Waals surface area contributed by atoms with Gasteiger partial charge in [0.25, 0.3) is 0 Å². The van der Waals surface area contributed by atoms with Gasteiger partial charge < -0.3 is 10.1 Å². The average molecular weight is 371 g/mol. The third-order valence-corrected chi connectivity index (χ3v) is 4.43. The number of nitrogens with one attached hydrogen (secondary N) is 1. The van der Waals surface area contributed by atoms with Crippen LogP contribution in [0.4, 0.5) is 10.1 Å². The van der Waals surface area contributed by atoms with Crippen molar-refractivity contribution in [1.29, 1.82) is 0 Å². The summed E-state index contributed by atoms with van der Waals surface area (Å²) in [6.07, 6.45) is 3.60. The minimum atomic E-state index is -0.322. The number of carbonyl (C=O) groups is 1. The van der Waals surface area contributed by atoms with Crippen LogP contribution in [0.15, 0.2) is 71.9 Å². The van der Waals surface area contributed by atoms with Gasteiger partial charge in [-0.05, 0) is 36.4 Å². The van der Waals surface area contributed by atoms with Gasteiger partial charge >= 0.3 is 0 Å². The van der Waals surface area contributed by atoms with Crippen LogP contribution in [0, 0.1) is 5.82 Å². The molecule has 0 saturated carbocycles. The Bertz CT molecular complexity index is 838. The Kier molecular flexibility index (Phi) is 6.27. The highest BCUT2D eigenvalue weighted by Gasteiger charge is 2.06. The minimum Gasteiger partial charge on any atom is -0.493 e. The summed E-state index contributed by atoms with van der Waals surface area (Å²) in [6.45, 7) is 0.218. The molecule has 0 atom stereocenters. The number of carbonyl (C=O) groups excluding carboxylic acids is 1. The fourth-order valence-corrected chi connectivity index (χ4v) is 2.94. The first-order chi connectivity index (χ1) is 12.7. The lowest BCUT2D eigenvalue weighted by atomic mass is 10.3. The van der Waals surface area contributed by atoms with Crippen molar-refractivity contribution in [3.8, 4) is 5.75 Å². The second-order valence-corrected chi connectivity index (χ2v) is 6.47. The van der Waals surface area contributed by atoms with E-state index < -0.39 is 0 Å². The molecular weight excluding hydrogens is 353 g/mol. The van der Waals surface area contributed by atoms with Crippen molar-refractivity contribution >= 4 is 23.4 Å². The van der Waals surface area contributed by atoms with Crippen LogP contribution < -0.4 is 10.1 Å². The molecule has 2 aromatic carbocycles. The highest BCUT2D eigenvalue weighted by molar-refractivity contribution is 7.98. The summed E-state index contributed by atoms with van der Waals surface area (Å²) in [6, 6.07) is 15.7. The van der Waals surface area contributed by atoms with E-state index in [1.165, 1.54) is 24.3 Å². The van der Waals surface area contributed by atoms with Crippen molar-refractivity contribution in [3.63, 3.8) is 0 Å². The first-order valence-electron chi connectivity index (χ1n) is 8.07. The second kappa shape index (κ2) is 9.05. The Morgan fingerprint density at radius 2 is 1.92 bits per heavy atom. The topological polar surface area (TPSA) is 56.1 Å². The molecule has 0 fully saturated rings. The molecule has 5 nitrogen and oxygen atoms in total. The maximum atomic E-state index is 12.8. The number of amides is 1. The Labute approximate surface area is 155 Å². The molecular formula is C19H18FN3O2S. The monoisotopic (exact) mass is 371 g/mol. The molecule has 0 bridgehead atoms. The van der Waals surface area contributed by atoms with Gasteiger partial charge in [0.15, 0.2) is 0 Å². The van der Waals surface area contributed by atoms with E-state index in [4.69, 9.17) is 4.74 Å². The summed E-state index contributed by atoms with van der Waals surface area (Å²) in [5.74, 6) is 0.706. The van der Waals surface area contributed by atoms with Gasteiger partial charge in [-0.15, -0.1) is 11.8 Å². The van der Waals surface area contributed by atoms with E-state index in [1.54, 1.807) is 28.8 Å². The number of benzene rings is 2. The van der Waals surface area contributed by atoms with Crippen LogP contribution in [-0.2, 0) is 10.7 Å². The van der Waals surface area contributed by atoms with Crippen molar-refractivity contribution in [1.82, 2.24) is 9.78 Å². The molecule has 0 saturated heterocycles. The Morgan fingerprint density at radius 1 is 1.15 bits per heavy atom. The summed E-state index contributed by atoms with van der Waals surface area (Å²) < 4.78 is 20.0. The van der Waals surface area contributed by atoms with Crippen LogP contribution in [0.2, 0.25) is 0 Å². The second-order valence-electron chi connectivity index (χ2n) is 5.46. The number of ether oxygens (including phenoxy) is 1. The van der Waals surface area contributed by atoms with Gasteiger partial charge in [-0.2, -0.15) is 5.10 Å². The summed E-state index contributed by atoms with van der Waals surface area (Å²) in [5.41, 5.74) is 0.644. The van der Waals surface area contributed by atoms with Crippen molar-refractivity contribution < 1.29 is 13.9 Å². The molecule has 0 aliphatic carbocycles. The molecule has 0 radical (unpaired) electrons. The van der Waals surface area contributed by atoms with Crippen molar-refractivity contribution in [2.24, 2.45) is 0 Å². The summed E-state index contributed by atoms with van der Waals surface area (Å²) in [5, 5.41) is 7.02. The maximum absolute atomic E-state index is 12.8. The number of aromatic nitrogens is 2. The first kappa shape index (κ1) is 18.0. The highest BCUT2D eigenvalue weighted by Crippen LogP contribution is 2.19. The van der Waals surface area contributed by atoms with E-state index in [0.717, 1.165) is 4.90 Å². The molecule has 7 heteroatoms. The van der Waals surface area contributed by atoms with E-state index in [0.29, 0.717) is 17.3 Å². The SMILES string of the molecule is O=C(CCOc1ccc(F)cc1)Nc1cnn(CSc2ccccc2)c1. The molecule has 1 N–H and O–H groups in total. The zero-order valence-corrected chi connectivity index (χ0v) is 14.8. The molecule has 134 valence electrons. The molecule has 1 heterocycles. The predicted octanol–water partition coefficient (Wildman–Crippen LogP) is 4.18. The van der Waals surface area contributed by atoms with Gasteiger partial charge in [-0.25, -0.2) is 4.39 Å². The van der Waals surface area contributed by atoms with Crippen LogP contribution in [0.1, 0.15) is 6.42 Å². The zero-order valence-electron chi connectivity index (χ0n) is 14.0. The van der Waals surface area contributed by atoms with Gasteiger partial charge in [-0.1, -0.05) is 18.2 Å². The fraction of sp³-hybridized carbons (Fsp3) is 0.158. The van der Waals surface area contributed by atoms with Gasteiger partial charge in [0.2, 0.25) is 5.91 Å². The first-order valence-corrected chi connectivity index (χ1v) is 9.06. The molecule has 1 amide bonds.